The molecule has 0 aromatic rings. The zero-order valence-corrected chi connectivity index (χ0v) is 13.1. The first-order valence-electron chi connectivity index (χ1n) is 4.51. The Morgan fingerprint density at radius 1 is 1.85 bits per heavy atom. The van der Waals surface area contributed by atoms with Crippen molar-refractivity contribution in [1.82, 2.24) is 0 Å². The molecule has 0 bridgehead atoms. The summed E-state index contributed by atoms with van der Waals surface area (Å²) in [5, 5.41) is 0. The second-order valence-corrected chi connectivity index (χ2v) is 18.5. The Bertz CT molecular complexity index is 195. The van der Waals surface area contributed by atoms with Gasteiger partial charge in [0.05, 0.1) is 6.10 Å². The van der Waals surface area contributed by atoms with Crippen molar-refractivity contribution < 1.29 is 14.3 Å². The summed E-state index contributed by atoms with van der Waals surface area (Å²) in [5.41, 5.74) is 0.422. The Morgan fingerprint density at radius 3 is 2.77 bits per heavy atom. The van der Waals surface area contributed by atoms with Crippen LogP contribution in [0.25, 0.3) is 0 Å². The summed E-state index contributed by atoms with van der Waals surface area (Å²) in [7, 11) is -0.407. The van der Waals surface area contributed by atoms with Crippen molar-refractivity contribution in [3.05, 3.63) is 12.2 Å². The van der Waals surface area contributed by atoms with Gasteiger partial charge in [0, 0.05) is 14.1 Å². The average Bonchev–Trinajstić information content (AvgIpc) is 2.03. The van der Waals surface area contributed by atoms with Gasteiger partial charge in [-0.1, -0.05) is 6.58 Å². The molecule has 0 aliphatic rings. The largest absolute Gasteiger partial charge is 0.460 e. The lowest BCUT2D eigenvalue weighted by molar-refractivity contribution is -0.142. The van der Waals surface area contributed by atoms with Crippen LogP contribution in [-0.2, 0) is 9.53 Å². The van der Waals surface area contributed by atoms with Gasteiger partial charge in [-0.3, -0.25) is 0 Å². The third-order valence-corrected chi connectivity index (χ3v) is 16.2. The summed E-state index contributed by atoms with van der Waals surface area (Å²) in [6.07, 6.45) is -0.132. The molecule has 0 radical (unpaired) electrons. The van der Waals surface area contributed by atoms with Crippen LogP contribution in [0.2, 0.25) is 6.04 Å². The second kappa shape index (κ2) is 6.30. The highest BCUT2D eigenvalue weighted by molar-refractivity contribution is 7.28. The normalized spacial score (nSPS) is 15.9. The third-order valence-electron chi connectivity index (χ3n) is 1.73. The number of ether oxygens (including phenoxy) is 1. The minimum Gasteiger partial charge on any atom is -0.460 e. The molecule has 2 atom stereocenters. The predicted octanol–water partition coefficient (Wildman–Crippen LogP) is -1.84. The van der Waals surface area contributed by atoms with Gasteiger partial charge in [-0.25, -0.2) is 4.79 Å². The van der Waals surface area contributed by atoms with Crippen molar-refractivity contribution in [2.45, 2.75) is 26.0 Å². The fraction of sp³-hybridized carbons (Fsp3) is 0.571. The van der Waals surface area contributed by atoms with E-state index in [4.69, 9.17) is 4.74 Å². The Hall–Kier alpha value is -0.179. The van der Waals surface area contributed by atoms with Crippen LogP contribution in [0.3, 0.4) is 0 Å². The first-order chi connectivity index (χ1) is 5.97. The summed E-state index contributed by atoms with van der Waals surface area (Å²) in [6.45, 7) is 6.96. The van der Waals surface area contributed by atoms with E-state index in [2.05, 4.69) is 6.58 Å². The number of carbonyl (C=O) groups is 1. The topological polar surface area (TPSA) is 46.5 Å². The van der Waals surface area contributed by atoms with E-state index in [0.717, 1.165) is 6.04 Å². The molecule has 0 aromatic heterocycles. The van der Waals surface area contributed by atoms with Gasteiger partial charge in [-0.2, -0.15) is 0 Å². The van der Waals surface area contributed by atoms with Crippen molar-refractivity contribution in [1.29, 1.82) is 0 Å². The first-order valence-corrected chi connectivity index (χ1v) is 14.8. The lowest BCUT2D eigenvalue weighted by atomic mass is 10.3. The molecular weight excluding hydrogens is 216 g/mol. The Labute approximate surface area is 85.7 Å². The van der Waals surface area contributed by atoms with E-state index in [-0.39, 0.29) is 20.6 Å². The van der Waals surface area contributed by atoms with E-state index in [0.29, 0.717) is 5.57 Å². The van der Waals surface area contributed by atoms with Crippen LogP contribution in [0.5, 0.6) is 0 Å². The van der Waals surface area contributed by atoms with E-state index in [9.17, 15) is 9.59 Å². The van der Waals surface area contributed by atoms with Gasteiger partial charge in [0.1, 0.15) is 0 Å². The number of rotatable bonds is 5. The molecule has 0 fully saturated rings. The van der Waals surface area contributed by atoms with E-state index in [1.54, 1.807) is 6.92 Å². The van der Waals surface area contributed by atoms with Crippen LogP contribution < -0.4 is 0 Å². The van der Waals surface area contributed by atoms with Gasteiger partial charge in [-0.05, 0) is 29.7 Å². The summed E-state index contributed by atoms with van der Waals surface area (Å²) >= 11 is 0. The van der Waals surface area contributed by atoms with Gasteiger partial charge in [-0.15, -0.1) is 0 Å². The highest BCUT2D eigenvalue weighted by atomic mass is 29.5. The van der Waals surface area contributed by atoms with Gasteiger partial charge < -0.3 is 9.53 Å². The van der Waals surface area contributed by atoms with Crippen molar-refractivity contribution in [2.24, 2.45) is 0 Å². The van der Waals surface area contributed by atoms with Crippen molar-refractivity contribution >= 4 is 32.8 Å². The molecule has 0 spiro atoms. The Morgan fingerprint density at radius 2 is 2.38 bits per heavy atom. The predicted molar refractivity (Wildman–Crippen MR) is 63.0 cm³/mol. The molecule has 0 rings (SSSR count). The zero-order chi connectivity index (χ0) is 10.4. The van der Waals surface area contributed by atoms with Crippen LogP contribution in [0.15, 0.2) is 12.2 Å². The van der Waals surface area contributed by atoms with E-state index >= 15 is 0 Å². The van der Waals surface area contributed by atoms with Crippen molar-refractivity contribution in [3.8, 4) is 0 Å². The maximum Gasteiger partial charge on any atom is 0.333 e. The molecule has 6 heteroatoms. The molecule has 0 aliphatic heterocycles. The Balaban J connectivity index is 3.80. The molecular formula is C7H18O3Si3. The molecule has 0 saturated carbocycles. The maximum absolute atomic E-state index is 11.1. The van der Waals surface area contributed by atoms with Gasteiger partial charge in [0.15, 0.2) is 8.56 Å². The maximum atomic E-state index is 11.1. The van der Waals surface area contributed by atoms with Crippen molar-refractivity contribution in [3.63, 3.8) is 0 Å². The fourth-order valence-electron chi connectivity index (χ4n) is 0.881. The van der Waals surface area contributed by atoms with Crippen LogP contribution in [-0.4, -0.2) is 43.7 Å². The molecule has 2 unspecified atom stereocenters. The molecule has 0 saturated heterocycles. The minimum absolute atomic E-state index is 0.132. The van der Waals surface area contributed by atoms with E-state index in [1.807, 2.05) is 6.92 Å². The summed E-state index contributed by atoms with van der Waals surface area (Å²) in [4.78, 5) is 20.6. The first kappa shape index (κ1) is 12.8. The molecule has 0 amide bonds. The lowest BCUT2D eigenvalue weighted by Gasteiger charge is -2.14. The fourth-order valence-corrected chi connectivity index (χ4v) is 7.49. The van der Waals surface area contributed by atoms with Gasteiger partial charge >= 0.3 is 5.97 Å². The molecule has 1 N–H and O–H groups in total. The third kappa shape index (κ3) is 5.97. The molecule has 13 heavy (non-hydrogen) atoms. The highest BCUT2D eigenvalue weighted by Crippen LogP contribution is 2.03. The number of esters is 1. The smallest absolute Gasteiger partial charge is 0.333 e. The minimum atomic E-state index is -1.44. The van der Waals surface area contributed by atoms with Crippen molar-refractivity contribution in [2.75, 3.05) is 0 Å². The lowest BCUT2D eigenvalue weighted by Crippen LogP contribution is -2.29. The summed E-state index contributed by atoms with van der Waals surface area (Å²) in [5.74, 6) is -0.344. The van der Waals surface area contributed by atoms with Crippen LogP contribution in [0, 0.1) is 0 Å². The number of hydrogen-bond donors (Lipinski definition) is 1. The quantitative estimate of drug-likeness (QED) is 0.345. The van der Waals surface area contributed by atoms with Gasteiger partial charge in [0.2, 0.25) is 0 Å². The second-order valence-electron chi connectivity index (χ2n) is 3.29. The highest BCUT2D eigenvalue weighted by Gasteiger charge is 2.14. The molecule has 0 heterocycles. The SMILES string of the molecule is C=C(C)C(=O)OC(C)C[SiH](O)[SiH2][SiH3]. The molecule has 0 aromatic carbocycles. The zero-order valence-electron chi connectivity index (χ0n) is 8.54. The van der Waals surface area contributed by atoms with E-state index in [1.165, 1.54) is 9.76 Å². The van der Waals surface area contributed by atoms with Crippen LogP contribution in [0.4, 0.5) is 0 Å². The molecule has 76 valence electrons. The van der Waals surface area contributed by atoms with Crippen LogP contribution in [0.1, 0.15) is 13.8 Å². The molecule has 3 nitrogen and oxygen atoms in total. The molecule has 0 aliphatic carbocycles. The monoisotopic (exact) mass is 234 g/mol. The summed E-state index contributed by atoms with van der Waals surface area (Å²) in [6, 6.07) is 0.717. The van der Waals surface area contributed by atoms with Gasteiger partial charge in [0.25, 0.3) is 0 Å². The average molecular weight is 234 g/mol. The Kier molecular flexibility index (Phi) is 6.21. The standard InChI is InChI=1S/C7H18O3Si3/c1-5(2)7(8)10-6(3)4-13(9)12-11/h6,9,13H,1,4,12H2,2-3,11H3. The number of carbonyl (C=O) groups excluding carboxylic acids is 1. The van der Waals surface area contributed by atoms with Crippen LogP contribution >= 0.6 is 0 Å². The summed E-state index contributed by atoms with van der Waals surface area (Å²) < 4.78 is 5.06. The van der Waals surface area contributed by atoms with E-state index < -0.39 is 8.56 Å². The number of hydrogen-bond acceptors (Lipinski definition) is 3.